The van der Waals surface area contributed by atoms with E-state index < -0.39 is 4.92 Å². The Morgan fingerprint density at radius 1 is 0.969 bits per heavy atom. The molecule has 0 atom stereocenters. The quantitative estimate of drug-likeness (QED) is 0.565. The monoisotopic (exact) mass is 437 g/mol. The van der Waals surface area contributed by atoms with Crippen molar-refractivity contribution in [1.29, 1.82) is 0 Å². The molecule has 32 heavy (non-hydrogen) atoms. The van der Waals surface area contributed by atoms with Crippen LogP contribution in [0.5, 0.6) is 0 Å². The summed E-state index contributed by atoms with van der Waals surface area (Å²) < 4.78 is 0. The van der Waals surface area contributed by atoms with Gasteiger partial charge in [-0.15, -0.1) is 0 Å². The summed E-state index contributed by atoms with van der Waals surface area (Å²) in [5, 5.41) is 14.6. The summed E-state index contributed by atoms with van der Waals surface area (Å²) in [5.41, 5.74) is 2.66. The van der Waals surface area contributed by atoms with E-state index in [4.69, 9.17) is 0 Å². The first-order valence-corrected chi connectivity index (χ1v) is 11.3. The Hall–Kier alpha value is -3.13. The van der Waals surface area contributed by atoms with Gasteiger partial charge in [-0.25, -0.2) is 0 Å². The molecule has 2 aromatic carbocycles. The number of nitro benzene ring substituents is 1. The highest BCUT2D eigenvalue weighted by Crippen LogP contribution is 2.32. The van der Waals surface area contributed by atoms with Gasteiger partial charge in [0.05, 0.1) is 4.92 Å². The molecule has 0 aromatic heterocycles. The maximum Gasteiger partial charge on any atom is 0.293 e. The number of piperidine rings is 1. The fourth-order valence-electron chi connectivity index (χ4n) is 4.35. The lowest BCUT2D eigenvalue weighted by Gasteiger charge is -2.34. The number of hydrogen-bond donors (Lipinski definition) is 1. The lowest BCUT2D eigenvalue weighted by atomic mass is 9.98. The molecule has 0 saturated carbocycles. The second kappa shape index (κ2) is 9.56. The first-order valence-electron chi connectivity index (χ1n) is 11.3. The van der Waals surface area contributed by atoms with E-state index in [0.717, 1.165) is 57.8 Å². The van der Waals surface area contributed by atoms with Gasteiger partial charge in [0.1, 0.15) is 5.69 Å². The molecule has 4 rings (SSSR count). The highest BCUT2D eigenvalue weighted by atomic mass is 16.6. The summed E-state index contributed by atoms with van der Waals surface area (Å²) >= 11 is 0. The third-order valence-electron chi connectivity index (χ3n) is 6.55. The van der Waals surface area contributed by atoms with E-state index in [1.165, 1.54) is 6.07 Å². The fraction of sp³-hybridized carbons (Fsp3) is 0.458. The average Bonchev–Trinajstić information content (AvgIpc) is 2.80. The minimum atomic E-state index is -0.394. The maximum absolute atomic E-state index is 12.8. The average molecular weight is 438 g/mol. The van der Waals surface area contributed by atoms with Crippen LogP contribution in [-0.2, 0) is 0 Å². The Morgan fingerprint density at radius 2 is 1.62 bits per heavy atom. The minimum absolute atomic E-state index is 0.0161. The second-order valence-electron chi connectivity index (χ2n) is 8.92. The smallest absolute Gasteiger partial charge is 0.293 e. The molecular formula is C24H31N5O3. The predicted molar refractivity (Wildman–Crippen MR) is 128 cm³/mol. The number of piperazine rings is 1. The van der Waals surface area contributed by atoms with Crippen molar-refractivity contribution in [2.45, 2.75) is 19.8 Å². The molecule has 2 aliphatic rings. The lowest BCUT2D eigenvalue weighted by molar-refractivity contribution is -0.384. The first-order chi connectivity index (χ1) is 15.4. The van der Waals surface area contributed by atoms with E-state index in [1.807, 2.05) is 24.3 Å². The number of nitrogens with zero attached hydrogens (tertiary/aromatic N) is 4. The SMILES string of the molecule is CC1CCN(c2ccc(C(=O)Nc3ccc(N4CCN(C)CC4)cc3)cc2[N+](=O)[O-])CC1. The number of hydrogen-bond acceptors (Lipinski definition) is 6. The molecule has 0 unspecified atom stereocenters. The molecule has 2 aliphatic heterocycles. The molecule has 8 nitrogen and oxygen atoms in total. The van der Waals surface area contributed by atoms with Crippen LogP contribution >= 0.6 is 0 Å². The molecule has 2 saturated heterocycles. The molecule has 0 radical (unpaired) electrons. The highest BCUT2D eigenvalue weighted by molar-refractivity contribution is 6.05. The fourth-order valence-corrected chi connectivity index (χ4v) is 4.35. The Morgan fingerprint density at radius 3 is 2.25 bits per heavy atom. The van der Waals surface area contributed by atoms with E-state index in [-0.39, 0.29) is 17.2 Å². The maximum atomic E-state index is 12.8. The first kappa shape index (κ1) is 22.1. The Labute approximate surface area is 189 Å². The Balaban J connectivity index is 1.45. The molecule has 0 bridgehead atoms. The number of likely N-dealkylation sites (N-methyl/N-ethyl adjacent to an activating group) is 1. The third kappa shape index (κ3) is 5.02. The Bertz CT molecular complexity index is 962. The van der Waals surface area contributed by atoms with Crippen molar-refractivity contribution >= 4 is 28.7 Å². The summed E-state index contributed by atoms with van der Waals surface area (Å²) in [7, 11) is 2.12. The van der Waals surface area contributed by atoms with E-state index in [2.05, 4.69) is 34.0 Å². The molecule has 0 spiro atoms. The van der Waals surface area contributed by atoms with Gasteiger partial charge in [0.2, 0.25) is 0 Å². The molecule has 8 heteroatoms. The highest BCUT2D eigenvalue weighted by Gasteiger charge is 2.25. The van der Waals surface area contributed by atoms with Gasteiger partial charge in [-0.3, -0.25) is 14.9 Å². The van der Waals surface area contributed by atoms with Gasteiger partial charge in [-0.1, -0.05) is 6.92 Å². The number of nitrogens with one attached hydrogen (secondary N) is 1. The lowest BCUT2D eigenvalue weighted by Crippen LogP contribution is -2.44. The molecule has 1 N–H and O–H groups in total. The van der Waals surface area contributed by atoms with Gasteiger partial charge in [0.15, 0.2) is 0 Å². The largest absolute Gasteiger partial charge is 0.369 e. The van der Waals surface area contributed by atoms with Crippen LogP contribution in [0.2, 0.25) is 0 Å². The van der Waals surface area contributed by atoms with Gasteiger partial charge in [0.25, 0.3) is 11.6 Å². The summed E-state index contributed by atoms with van der Waals surface area (Å²) in [6.45, 7) is 7.83. The van der Waals surface area contributed by atoms with E-state index >= 15 is 0 Å². The topological polar surface area (TPSA) is 82.0 Å². The van der Waals surface area contributed by atoms with Crippen LogP contribution in [0.15, 0.2) is 42.5 Å². The van der Waals surface area contributed by atoms with Crippen molar-refractivity contribution in [1.82, 2.24) is 4.90 Å². The molecule has 2 aromatic rings. The number of amides is 1. The van der Waals surface area contributed by atoms with Gasteiger partial charge < -0.3 is 20.0 Å². The van der Waals surface area contributed by atoms with Gasteiger partial charge >= 0.3 is 0 Å². The summed E-state index contributed by atoms with van der Waals surface area (Å²) in [4.78, 5) is 30.8. The van der Waals surface area contributed by atoms with Crippen molar-refractivity contribution in [3.05, 3.63) is 58.1 Å². The van der Waals surface area contributed by atoms with Crippen LogP contribution in [0.3, 0.4) is 0 Å². The number of carbonyl (C=O) groups is 1. The van der Waals surface area contributed by atoms with Crippen molar-refractivity contribution < 1.29 is 9.72 Å². The summed E-state index contributed by atoms with van der Waals surface area (Å²) in [5.74, 6) is 0.289. The second-order valence-corrected chi connectivity index (χ2v) is 8.92. The molecule has 2 heterocycles. The van der Waals surface area contributed by atoms with Crippen LogP contribution in [0, 0.1) is 16.0 Å². The van der Waals surface area contributed by atoms with E-state index in [1.54, 1.807) is 12.1 Å². The van der Waals surface area contributed by atoms with E-state index in [9.17, 15) is 14.9 Å². The van der Waals surface area contributed by atoms with Crippen molar-refractivity contribution in [2.75, 3.05) is 61.4 Å². The standard InChI is InChI=1S/C24H31N5O3/c1-18-9-11-28(12-10-18)22-8-3-19(17-23(22)29(31)32)24(30)25-20-4-6-21(7-5-20)27-15-13-26(2)14-16-27/h3-8,17-18H,9-16H2,1-2H3,(H,25,30). The third-order valence-corrected chi connectivity index (χ3v) is 6.55. The number of anilines is 3. The minimum Gasteiger partial charge on any atom is -0.369 e. The van der Waals surface area contributed by atoms with Crippen LogP contribution in [0.1, 0.15) is 30.1 Å². The van der Waals surface area contributed by atoms with Gasteiger partial charge in [0, 0.05) is 62.3 Å². The molecule has 170 valence electrons. The summed E-state index contributed by atoms with van der Waals surface area (Å²) in [6, 6.07) is 12.5. The molecule has 0 aliphatic carbocycles. The number of benzene rings is 2. The number of carbonyl (C=O) groups excluding carboxylic acids is 1. The Kier molecular flexibility index (Phi) is 6.60. The zero-order valence-corrected chi connectivity index (χ0v) is 18.8. The molecule has 1 amide bonds. The summed E-state index contributed by atoms with van der Waals surface area (Å²) in [6.07, 6.45) is 2.03. The van der Waals surface area contributed by atoms with Crippen LogP contribution in [0.4, 0.5) is 22.7 Å². The zero-order chi connectivity index (χ0) is 22.7. The van der Waals surface area contributed by atoms with Gasteiger partial charge in [-0.2, -0.15) is 0 Å². The van der Waals surface area contributed by atoms with Gasteiger partial charge in [-0.05, 0) is 62.2 Å². The van der Waals surface area contributed by atoms with Crippen molar-refractivity contribution in [3.63, 3.8) is 0 Å². The molecular weight excluding hydrogens is 406 g/mol. The predicted octanol–water partition coefficient (Wildman–Crippen LogP) is 3.84. The number of nitro groups is 1. The normalized spacial score (nSPS) is 17.9. The van der Waals surface area contributed by atoms with Crippen LogP contribution in [-0.4, -0.2) is 62.0 Å². The molecule has 2 fully saturated rings. The van der Waals surface area contributed by atoms with Crippen LogP contribution in [0.25, 0.3) is 0 Å². The van der Waals surface area contributed by atoms with Crippen LogP contribution < -0.4 is 15.1 Å². The van der Waals surface area contributed by atoms with Crippen molar-refractivity contribution in [2.24, 2.45) is 5.92 Å². The van der Waals surface area contributed by atoms with Crippen molar-refractivity contribution in [3.8, 4) is 0 Å². The number of rotatable bonds is 5. The zero-order valence-electron chi connectivity index (χ0n) is 18.8. The van der Waals surface area contributed by atoms with E-state index in [0.29, 0.717) is 17.3 Å².